The van der Waals surface area contributed by atoms with E-state index in [1.165, 1.54) is 0 Å². The largest absolute Gasteiger partial charge is 0.382 e. The molecule has 0 aromatic heterocycles. The Bertz CT molecular complexity index is 251. The van der Waals surface area contributed by atoms with Gasteiger partial charge in [0.15, 0.2) is 5.11 Å². The standard InChI is InChI=1S/C11H21N3O2S/c1-2-16-7-3-6-12-11(17)14-9-4-5-10(15)13-8-9/h9H,2-8H2,1H3,(H,13,15)(H2,12,14,17). The molecule has 0 aromatic rings. The van der Waals surface area contributed by atoms with Crippen LogP contribution < -0.4 is 16.0 Å². The highest BCUT2D eigenvalue weighted by Crippen LogP contribution is 2.02. The van der Waals surface area contributed by atoms with E-state index >= 15 is 0 Å². The lowest BCUT2D eigenvalue weighted by Gasteiger charge is -2.24. The van der Waals surface area contributed by atoms with Crippen LogP contribution >= 0.6 is 12.2 Å². The van der Waals surface area contributed by atoms with Gasteiger partial charge < -0.3 is 20.7 Å². The predicted molar refractivity (Wildman–Crippen MR) is 70.9 cm³/mol. The Hall–Kier alpha value is -0.880. The van der Waals surface area contributed by atoms with Crippen LogP contribution in [0.5, 0.6) is 0 Å². The fraction of sp³-hybridized carbons (Fsp3) is 0.818. The van der Waals surface area contributed by atoms with Crippen molar-refractivity contribution in [2.75, 3.05) is 26.3 Å². The van der Waals surface area contributed by atoms with Gasteiger partial charge in [-0.25, -0.2) is 0 Å². The third kappa shape index (κ3) is 6.43. The van der Waals surface area contributed by atoms with Gasteiger partial charge in [-0.2, -0.15) is 0 Å². The van der Waals surface area contributed by atoms with Crippen LogP contribution in [0.3, 0.4) is 0 Å². The fourth-order valence-corrected chi connectivity index (χ4v) is 1.88. The second-order valence-electron chi connectivity index (χ2n) is 3.99. The zero-order valence-electron chi connectivity index (χ0n) is 10.3. The first-order valence-corrected chi connectivity index (χ1v) is 6.52. The molecule has 0 radical (unpaired) electrons. The van der Waals surface area contributed by atoms with Crippen LogP contribution in [-0.2, 0) is 9.53 Å². The fourth-order valence-electron chi connectivity index (χ4n) is 1.61. The molecular formula is C11H21N3O2S. The highest BCUT2D eigenvalue weighted by Gasteiger charge is 2.17. The normalized spacial score (nSPS) is 19.6. The number of hydrogen-bond donors (Lipinski definition) is 3. The van der Waals surface area contributed by atoms with Gasteiger partial charge >= 0.3 is 0 Å². The summed E-state index contributed by atoms with van der Waals surface area (Å²) in [6.07, 6.45) is 2.36. The van der Waals surface area contributed by atoms with Crippen molar-refractivity contribution in [1.29, 1.82) is 0 Å². The molecule has 0 aliphatic carbocycles. The number of ether oxygens (including phenoxy) is 1. The van der Waals surface area contributed by atoms with Gasteiger partial charge in [0.2, 0.25) is 5.91 Å². The number of rotatable bonds is 6. The number of nitrogens with one attached hydrogen (secondary N) is 3. The summed E-state index contributed by atoms with van der Waals surface area (Å²) in [7, 11) is 0. The summed E-state index contributed by atoms with van der Waals surface area (Å²) >= 11 is 5.17. The predicted octanol–water partition coefficient (Wildman–Crippen LogP) is 0.156. The van der Waals surface area contributed by atoms with Gasteiger partial charge in [-0.15, -0.1) is 0 Å². The Morgan fingerprint density at radius 1 is 1.65 bits per heavy atom. The third-order valence-electron chi connectivity index (χ3n) is 2.56. The molecule has 0 aromatic carbocycles. The lowest BCUT2D eigenvalue weighted by atomic mass is 10.1. The van der Waals surface area contributed by atoms with Crippen molar-refractivity contribution in [2.45, 2.75) is 32.2 Å². The molecule has 0 spiro atoms. The minimum Gasteiger partial charge on any atom is -0.382 e. The number of amides is 1. The SMILES string of the molecule is CCOCCCNC(=S)NC1CCC(=O)NC1. The summed E-state index contributed by atoms with van der Waals surface area (Å²) in [4.78, 5) is 11.0. The molecular weight excluding hydrogens is 238 g/mol. The van der Waals surface area contributed by atoms with Crippen LogP contribution in [0.1, 0.15) is 26.2 Å². The minimum atomic E-state index is 0.124. The molecule has 1 heterocycles. The van der Waals surface area contributed by atoms with Crippen LogP contribution in [0.2, 0.25) is 0 Å². The summed E-state index contributed by atoms with van der Waals surface area (Å²) in [6, 6.07) is 0.250. The van der Waals surface area contributed by atoms with E-state index in [-0.39, 0.29) is 11.9 Å². The topological polar surface area (TPSA) is 62.4 Å². The van der Waals surface area contributed by atoms with Crippen LogP contribution in [0.15, 0.2) is 0 Å². The molecule has 3 N–H and O–H groups in total. The maximum Gasteiger partial charge on any atom is 0.220 e. The molecule has 5 nitrogen and oxygen atoms in total. The zero-order chi connectivity index (χ0) is 12.5. The van der Waals surface area contributed by atoms with Crippen molar-refractivity contribution in [3.63, 3.8) is 0 Å². The van der Waals surface area contributed by atoms with Crippen LogP contribution in [0, 0.1) is 0 Å². The molecule has 6 heteroatoms. The molecule has 1 saturated heterocycles. The van der Waals surface area contributed by atoms with Crippen molar-refractivity contribution in [3.05, 3.63) is 0 Å². The first kappa shape index (κ1) is 14.2. The van der Waals surface area contributed by atoms with E-state index in [9.17, 15) is 4.79 Å². The van der Waals surface area contributed by atoms with Crippen LogP contribution in [0.25, 0.3) is 0 Å². The first-order chi connectivity index (χ1) is 8.22. The molecule has 0 saturated carbocycles. The van der Waals surface area contributed by atoms with Crippen LogP contribution in [0.4, 0.5) is 0 Å². The van der Waals surface area contributed by atoms with E-state index in [4.69, 9.17) is 17.0 Å². The summed E-state index contributed by atoms with van der Waals surface area (Å²) in [5.41, 5.74) is 0. The maximum atomic E-state index is 11.0. The monoisotopic (exact) mass is 259 g/mol. The number of hydrogen-bond acceptors (Lipinski definition) is 3. The zero-order valence-corrected chi connectivity index (χ0v) is 11.1. The van der Waals surface area contributed by atoms with E-state index in [1.807, 2.05) is 6.92 Å². The molecule has 1 rings (SSSR count). The summed E-state index contributed by atoms with van der Waals surface area (Å²) < 4.78 is 5.23. The van der Waals surface area contributed by atoms with E-state index < -0.39 is 0 Å². The second-order valence-corrected chi connectivity index (χ2v) is 4.40. The minimum absolute atomic E-state index is 0.124. The Balaban J connectivity index is 2.02. The molecule has 0 bridgehead atoms. The molecule has 1 fully saturated rings. The van der Waals surface area contributed by atoms with Gasteiger partial charge in [0.25, 0.3) is 0 Å². The van der Waals surface area contributed by atoms with Crippen molar-refractivity contribution in [1.82, 2.24) is 16.0 Å². The van der Waals surface area contributed by atoms with E-state index in [2.05, 4.69) is 16.0 Å². The second kappa shape index (κ2) is 8.25. The van der Waals surface area contributed by atoms with Gasteiger partial charge in [0.05, 0.1) is 0 Å². The van der Waals surface area contributed by atoms with E-state index in [1.54, 1.807) is 0 Å². The average Bonchev–Trinajstić information content (AvgIpc) is 2.32. The molecule has 1 unspecified atom stereocenters. The molecule has 17 heavy (non-hydrogen) atoms. The van der Waals surface area contributed by atoms with Crippen molar-refractivity contribution in [3.8, 4) is 0 Å². The van der Waals surface area contributed by atoms with Crippen molar-refractivity contribution < 1.29 is 9.53 Å². The Labute approximate surface area is 108 Å². The van der Waals surface area contributed by atoms with Gasteiger partial charge in [-0.3, -0.25) is 4.79 Å². The van der Waals surface area contributed by atoms with Crippen molar-refractivity contribution in [2.24, 2.45) is 0 Å². The molecule has 98 valence electrons. The summed E-state index contributed by atoms with van der Waals surface area (Å²) in [5, 5.41) is 9.79. The Morgan fingerprint density at radius 3 is 3.12 bits per heavy atom. The van der Waals surface area contributed by atoms with Gasteiger partial charge in [0.1, 0.15) is 0 Å². The number of piperidine rings is 1. The van der Waals surface area contributed by atoms with Gasteiger partial charge in [-0.05, 0) is 32.0 Å². The Kier molecular flexibility index (Phi) is 6.88. The number of carbonyl (C=O) groups excluding carboxylic acids is 1. The highest BCUT2D eigenvalue weighted by molar-refractivity contribution is 7.80. The van der Waals surface area contributed by atoms with Gasteiger partial charge in [-0.1, -0.05) is 0 Å². The molecule has 1 aliphatic heterocycles. The molecule has 1 aliphatic rings. The third-order valence-corrected chi connectivity index (χ3v) is 2.82. The van der Waals surface area contributed by atoms with E-state index in [0.29, 0.717) is 18.1 Å². The lowest BCUT2D eigenvalue weighted by molar-refractivity contribution is -0.122. The average molecular weight is 259 g/mol. The molecule has 1 atom stereocenters. The number of thiocarbonyl (C=S) groups is 1. The first-order valence-electron chi connectivity index (χ1n) is 6.11. The maximum absolute atomic E-state index is 11.0. The van der Waals surface area contributed by atoms with Crippen LogP contribution in [-0.4, -0.2) is 43.4 Å². The highest BCUT2D eigenvalue weighted by atomic mass is 32.1. The quantitative estimate of drug-likeness (QED) is 0.468. The number of carbonyl (C=O) groups is 1. The Morgan fingerprint density at radius 2 is 2.47 bits per heavy atom. The lowest BCUT2D eigenvalue weighted by Crippen LogP contribution is -2.50. The van der Waals surface area contributed by atoms with E-state index in [0.717, 1.165) is 32.6 Å². The summed E-state index contributed by atoms with van der Waals surface area (Å²) in [5.74, 6) is 0.124. The molecule has 1 amide bonds. The smallest absolute Gasteiger partial charge is 0.220 e. The summed E-state index contributed by atoms with van der Waals surface area (Å²) in [6.45, 7) is 4.96. The van der Waals surface area contributed by atoms with Crippen molar-refractivity contribution >= 4 is 23.2 Å². The van der Waals surface area contributed by atoms with Gasteiger partial charge in [0, 0.05) is 38.8 Å².